The van der Waals surface area contributed by atoms with Gasteiger partial charge in [-0.05, 0) is 43.0 Å². The molecule has 3 heteroatoms. The molecule has 1 aromatic carbocycles. The number of nitrogens with two attached hydrogens (primary N) is 1. The molecule has 15 heavy (non-hydrogen) atoms. The molecule has 1 atom stereocenters. The lowest BCUT2D eigenvalue weighted by Gasteiger charge is -2.09. The van der Waals surface area contributed by atoms with Crippen molar-refractivity contribution in [2.45, 2.75) is 18.2 Å². The maximum absolute atomic E-state index is 5.72. The van der Waals surface area contributed by atoms with Crippen molar-refractivity contribution < 1.29 is 4.74 Å². The Labute approximate surface area is 95.2 Å². The zero-order chi connectivity index (χ0) is 10.7. The van der Waals surface area contributed by atoms with Gasteiger partial charge >= 0.3 is 0 Å². The van der Waals surface area contributed by atoms with E-state index in [4.69, 9.17) is 10.5 Å². The third-order valence-corrected chi connectivity index (χ3v) is 4.10. The summed E-state index contributed by atoms with van der Waals surface area (Å²) in [6.07, 6.45) is 1.21. The van der Waals surface area contributed by atoms with Crippen LogP contribution in [0.1, 0.15) is 12.0 Å². The van der Waals surface area contributed by atoms with Gasteiger partial charge < -0.3 is 10.5 Å². The van der Waals surface area contributed by atoms with E-state index in [9.17, 15) is 0 Å². The summed E-state index contributed by atoms with van der Waals surface area (Å²) >= 11 is 1.92. The Morgan fingerprint density at radius 3 is 3.07 bits per heavy atom. The molecule has 2 rings (SSSR count). The Kier molecular flexibility index (Phi) is 3.54. The average molecular weight is 223 g/mol. The first-order valence-electron chi connectivity index (χ1n) is 5.32. The number of ether oxygens (including phenoxy) is 1. The molecule has 0 spiro atoms. The van der Waals surface area contributed by atoms with Crippen LogP contribution in [0.4, 0.5) is 5.69 Å². The van der Waals surface area contributed by atoms with E-state index in [2.05, 4.69) is 13.0 Å². The normalized spacial score (nSPS) is 20.7. The molecule has 1 unspecified atom stereocenters. The van der Waals surface area contributed by atoms with Crippen LogP contribution in [0.2, 0.25) is 0 Å². The first-order valence-corrected chi connectivity index (χ1v) is 6.31. The summed E-state index contributed by atoms with van der Waals surface area (Å²) in [5.74, 6) is 1.89. The number of benzene rings is 1. The minimum Gasteiger partial charge on any atom is -0.399 e. The number of thioether (sulfide) groups is 1. The Bertz CT molecular complexity index is 334. The molecule has 1 aliphatic heterocycles. The van der Waals surface area contributed by atoms with E-state index in [0.717, 1.165) is 30.6 Å². The topological polar surface area (TPSA) is 35.2 Å². The molecule has 1 fully saturated rings. The van der Waals surface area contributed by atoms with Gasteiger partial charge in [0.25, 0.3) is 0 Å². The number of hydrogen-bond donors (Lipinski definition) is 1. The second-order valence-electron chi connectivity index (χ2n) is 4.07. The van der Waals surface area contributed by atoms with Crippen LogP contribution >= 0.6 is 11.8 Å². The van der Waals surface area contributed by atoms with Crippen molar-refractivity contribution in [2.75, 3.05) is 24.7 Å². The number of aryl methyl sites for hydroxylation is 1. The molecule has 0 saturated carbocycles. The molecule has 0 aliphatic carbocycles. The standard InChI is InChI=1S/C12H17NOS/c1-9-6-11(13)2-3-12(9)15-8-10-4-5-14-7-10/h2-3,6,10H,4-5,7-8,13H2,1H3. The van der Waals surface area contributed by atoms with Gasteiger partial charge in [-0.25, -0.2) is 0 Å². The zero-order valence-electron chi connectivity index (χ0n) is 9.03. The van der Waals surface area contributed by atoms with Crippen molar-refractivity contribution >= 4 is 17.4 Å². The lowest BCUT2D eigenvalue weighted by atomic mass is 10.2. The summed E-state index contributed by atoms with van der Waals surface area (Å²) in [6.45, 7) is 3.98. The Morgan fingerprint density at radius 1 is 1.53 bits per heavy atom. The molecular weight excluding hydrogens is 206 g/mol. The molecule has 1 saturated heterocycles. The van der Waals surface area contributed by atoms with Crippen LogP contribution < -0.4 is 5.73 Å². The highest BCUT2D eigenvalue weighted by Crippen LogP contribution is 2.28. The SMILES string of the molecule is Cc1cc(N)ccc1SCC1CCOC1. The molecule has 2 N–H and O–H groups in total. The van der Waals surface area contributed by atoms with E-state index in [0.29, 0.717) is 0 Å². The maximum atomic E-state index is 5.72. The predicted molar refractivity (Wildman–Crippen MR) is 65.2 cm³/mol. The van der Waals surface area contributed by atoms with Crippen LogP contribution in [0.3, 0.4) is 0 Å². The average Bonchev–Trinajstić information content (AvgIpc) is 2.69. The van der Waals surface area contributed by atoms with Gasteiger partial charge in [0.1, 0.15) is 0 Å². The van der Waals surface area contributed by atoms with Crippen LogP contribution in [-0.4, -0.2) is 19.0 Å². The second kappa shape index (κ2) is 4.90. The largest absolute Gasteiger partial charge is 0.399 e. The number of anilines is 1. The van der Waals surface area contributed by atoms with Crippen molar-refractivity contribution in [1.82, 2.24) is 0 Å². The lowest BCUT2D eigenvalue weighted by molar-refractivity contribution is 0.189. The van der Waals surface area contributed by atoms with Crippen LogP contribution in [0.5, 0.6) is 0 Å². The van der Waals surface area contributed by atoms with Crippen LogP contribution in [0, 0.1) is 12.8 Å². The first kappa shape index (κ1) is 10.8. The van der Waals surface area contributed by atoms with Gasteiger partial charge in [0.2, 0.25) is 0 Å². The summed E-state index contributed by atoms with van der Waals surface area (Å²) in [6, 6.07) is 6.12. The molecule has 0 radical (unpaired) electrons. The summed E-state index contributed by atoms with van der Waals surface area (Å²) < 4.78 is 5.36. The Balaban J connectivity index is 1.92. The van der Waals surface area contributed by atoms with Gasteiger partial charge in [-0.1, -0.05) is 0 Å². The summed E-state index contributed by atoms with van der Waals surface area (Å²) in [4.78, 5) is 1.34. The zero-order valence-corrected chi connectivity index (χ0v) is 9.85. The molecular formula is C12H17NOS. The number of nitrogen functional groups attached to an aromatic ring is 1. The monoisotopic (exact) mass is 223 g/mol. The summed E-state index contributed by atoms with van der Waals surface area (Å²) in [5, 5.41) is 0. The fourth-order valence-corrected chi connectivity index (χ4v) is 2.89. The van der Waals surface area contributed by atoms with Gasteiger partial charge in [-0.3, -0.25) is 0 Å². The van der Waals surface area contributed by atoms with Gasteiger partial charge in [0.15, 0.2) is 0 Å². The van der Waals surface area contributed by atoms with Gasteiger partial charge in [0, 0.05) is 22.9 Å². The van der Waals surface area contributed by atoms with E-state index in [-0.39, 0.29) is 0 Å². The Hall–Kier alpha value is -0.670. The summed E-state index contributed by atoms with van der Waals surface area (Å²) in [7, 11) is 0. The predicted octanol–water partition coefficient (Wildman–Crippen LogP) is 2.71. The number of hydrogen-bond acceptors (Lipinski definition) is 3. The van der Waals surface area contributed by atoms with Crippen molar-refractivity contribution in [3.05, 3.63) is 23.8 Å². The highest BCUT2D eigenvalue weighted by Gasteiger charge is 2.15. The van der Waals surface area contributed by atoms with Gasteiger partial charge in [0.05, 0.1) is 6.61 Å². The van der Waals surface area contributed by atoms with E-state index in [1.54, 1.807) is 0 Å². The third-order valence-electron chi connectivity index (χ3n) is 2.70. The fraction of sp³-hybridized carbons (Fsp3) is 0.500. The molecule has 0 amide bonds. The molecule has 2 nitrogen and oxygen atoms in total. The quantitative estimate of drug-likeness (QED) is 0.632. The number of rotatable bonds is 3. The Morgan fingerprint density at radius 2 is 2.40 bits per heavy atom. The molecule has 82 valence electrons. The first-order chi connectivity index (χ1) is 7.25. The van der Waals surface area contributed by atoms with Crippen LogP contribution in [-0.2, 0) is 4.74 Å². The second-order valence-corrected chi connectivity index (χ2v) is 5.13. The molecule has 1 aromatic rings. The van der Waals surface area contributed by atoms with Crippen molar-refractivity contribution in [3.63, 3.8) is 0 Å². The van der Waals surface area contributed by atoms with Gasteiger partial charge in [-0.2, -0.15) is 0 Å². The van der Waals surface area contributed by atoms with Crippen LogP contribution in [0.15, 0.2) is 23.1 Å². The van der Waals surface area contributed by atoms with Crippen molar-refractivity contribution in [1.29, 1.82) is 0 Å². The highest BCUT2D eigenvalue weighted by molar-refractivity contribution is 7.99. The molecule has 1 heterocycles. The highest BCUT2D eigenvalue weighted by atomic mass is 32.2. The van der Waals surface area contributed by atoms with Gasteiger partial charge in [-0.15, -0.1) is 11.8 Å². The fourth-order valence-electron chi connectivity index (χ4n) is 1.76. The third kappa shape index (κ3) is 2.89. The molecule has 0 aromatic heterocycles. The molecule has 1 aliphatic rings. The lowest BCUT2D eigenvalue weighted by Crippen LogP contribution is -2.02. The smallest absolute Gasteiger partial charge is 0.0503 e. The van der Waals surface area contributed by atoms with Crippen LogP contribution in [0.25, 0.3) is 0 Å². The van der Waals surface area contributed by atoms with E-state index >= 15 is 0 Å². The van der Waals surface area contributed by atoms with E-state index in [1.165, 1.54) is 16.9 Å². The van der Waals surface area contributed by atoms with Crippen molar-refractivity contribution in [3.8, 4) is 0 Å². The van der Waals surface area contributed by atoms with Crippen molar-refractivity contribution in [2.24, 2.45) is 5.92 Å². The minimum atomic E-state index is 0.729. The summed E-state index contributed by atoms with van der Waals surface area (Å²) in [5.41, 5.74) is 7.84. The van der Waals surface area contributed by atoms with E-state index < -0.39 is 0 Å². The maximum Gasteiger partial charge on any atom is 0.0503 e. The minimum absolute atomic E-state index is 0.729. The molecule has 0 bridgehead atoms. The van der Waals surface area contributed by atoms with E-state index in [1.807, 2.05) is 23.9 Å².